The molecular formula is C97H186. The summed E-state index contributed by atoms with van der Waals surface area (Å²) in [4.78, 5) is 0. The summed E-state index contributed by atoms with van der Waals surface area (Å²) in [7, 11) is 0. The highest BCUT2D eigenvalue weighted by Crippen LogP contribution is 2.64. The van der Waals surface area contributed by atoms with Gasteiger partial charge in [-0.3, -0.25) is 0 Å². The normalized spacial score (nSPS) is 34.4. The van der Waals surface area contributed by atoms with E-state index >= 15 is 0 Å². The molecule has 16 aliphatic carbocycles. The van der Waals surface area contributed by atoms with Crippen LogP contribution in [0.1, 0.15) is 517 Å². The second-order valence-electron chi connectivity index (χ2n) is 43.5. The van der Waals surface area contributed by atoms with Crippen LogP contribution in [0, 0.1) is 101 Å². The Morgan fingerprint density at radius 3 is 0.515 bits per heavy atom. The first-order valence-electron chi connectivity index (χ1n) is 45.8. The van der Waals surface area contributed by atoms with Gasteiger partial charge in [0.25, 0.3) is 0 Å². The first kappa shape index (κ1) is 87.6. The Hall–Kier alpha value is 0. The predicted molar refractivity (Wildman–Crippen MR) is 438 cm³/mol. The van der Waals surface area contributed by atoms with E-state index in [4.69, 9.17) is 0 Å². The molecule has 16 rings (SSSR count). The molecule has 0 heterocycles. The van der Waals surface area contributed by atoms with E-state index in [2.05, 4.69) is 138 Å². The predicted octanol–water partition coefficient (Wildman–Crippen LogP) is 34.3. The Kier molecular flexibility index (Phi) is 38.3. The minimum absolute atomic E-state index is 0.653. The summed E-state index contributed by atoms with van der Waals surface area (Å²) in [5.74, 6) is 8.95. The van der Waals surface area contributed by atoms with Gasteiger partial charge in [0.15, 0.2) is 0 Å². The summed E-state index contributed by atoms with van der Waals surface area (Å²) in [6, 6.07) is 0. The molecule has 0 radical (unpaired) electrons. The highest BCUT2D eigenvalue weighted by Gasteiger charge is 2.54. The van der Waals surface area contributed by atoms with E-state index in [1.807, 2.05) is 0 Å². The summed E-state index contributed by atoms with van der Waals surface area (Å²) in [6.45, 7) is 48.3. The Morgan fingerprint density at radius 2 is 0.330 bits per heavy atom. The van der Waals surface area contributed by atoms with Crippen LogP contribution in [-0.4, -0.2) is 0 Å². The molecule has 0 aliphatic heterocycles. The minimum Gasteiger partial charge on any atom is -0.0649 e. The average molecular weight is 1350 g/mol. The zero-order valence-electron chi connectivity index (χ0n) is 71.3. The lowest BCUT2D eigenvalue weighted by atomic mass is 9.45. The zero-order chi connectivity index (χ0) is 71.3. The second-order valence-corrected chi connectivity index (χ2v) is 43.5. The van der Waals surface area contributed by atoms with Crippen molar-refractivity contribution in [3.05, 3.63) is 0 Å². The van der Waals surface area contributed by atoms with Gasteiger partial charge in [-0.15, -0.1) is 0 Å². The van der Waals surface area contributed by atoms with Crippen LogP contribution in [0.5, 0.6) is 0 Å². The summed E-state index contributed by atoms with van der Waals surface area (Å²) in [5.41, 5.74) is 6.99. The molecule has 0 aromatic heterocycles. The van der Waals surface area contributed by atoms with Gasteiger partial charge in [-0.1, -0.05) is 350 Å². The lowest BCUT2D eigenvalue weighted by Gasteiger charge is -2.60. The van der Waals surface area contributed by atoms with E-state index in [1.165, 1.54) is 315 Å². The fourth-order valence-electron chi connectivity index (χ4n) is 23.0. The summed E-state index contributed by atoms with van der Waals surface area (Å²) < 4.78 is 0. The number of hydrogen-bond acceptors (Lipinski definition) is 0. The largest absolute Gasteiger partial charge is 0.0649 e. The third-order valence-electron chi connectivity index (χ3n) is 32.5. The minimum atomic E-state index is 0.653. The molecule has 0 aromatic rings. The quantitative estimate of drug-likeness (QED) is 0.241. The molecule has 16 saturated carbocycles. The van der Waals surface area contributed by atoms with Gasteiger partial charge >= 0.3 is 0 Å². The average Bonchev–Trinajstić information content (AvgIpc) is 1.34. The van der Waals surface area contributed by atoms with Crippen LogP contribution in [-0.2, 0) is 0 Å². The van der Waals surface area contributed by atoms with E-state index < -0.39 is 0 Å². The first-order valence-corrected chi connectivity index (χ1v) is 45.8. The van der Waals surface area contributed by atoms with Crippen LogP contribution in [0.15, 0.2) is 0 Å². The van der Waals surface area contributed by atoms with Crippen LogP contribution in [0.3, 0.4) is 0 Å². The molecule has 0 heteroatoms. The molecule has 8 bridgehead atoms. The number of hydrogen-bond donors (Lipinski definition) is 0. The van der Waals surface area contributed by atoms with Gasteiger partial charge in [0.1, 0.15) is 0 Å². The topological polar surface area (TPSA) is 0 Å². The monoisotopic (exact) mass is 1350 g/mol. The highest BCUT2D eigenvalue weighted by molar-refractivity contribution is 5.04. The molecule has 0 N–H and O–H groups in total. The maximum absolute atomic E-state index is 2.58. The third-order valence-corrected chi connectivity index (χ3v) is 32.5. The van der Waals surface area contributed by atoms with Crippen molar-refractivity contribution in [2.24, 2.45) is 101 Å². The van der Waals surface area contributed by atoms with E-state index in [1.54, 1.807) is 64.2 Å². The fraction of sp³-hybridized carbons (Fsp3) is 1.00. The maximum atomic E-state index is 2.58. The van der Waals surface area contributed by atoms with Gasteiger partial charge in [-0.05, 0) is 268 Å². The smallest absolute Gasteiger partial charge is 0.0271 e. The SMILES string of the molecule is CC1(C)C2CC3CC(C2)CC1C3.CC1(C)CCCC1.CC1(C)CCCCC1.CC1(C)CCCCCC1.CC1(C)CCCCCCC1.CCC1(C)C2CC3CC(C2)CC1C3.CCC1(C)CCCC1.CCC1(C)CCCCC1.CCC1(C)CCCCCC1.CCC1(C)CCCCCCC1. The van der Waals surface area contributed by atoms with Gasteiger partial charge in [-0.25, -0.2) is 0 Å². The Labute approximate surface area is 615 Å². The van der Waals surface area contributed by atoms with Crippen molar-refractivity contribution in [2.45, 2.75) is 517 Å². The van der Waals surface area contributed by atoms with E-state index in [9.17, 15) is 0 Å². The summed E-state index contributed by atoms with van der Waals surface area (Å²) in [6.07, 6.45) is 87.4. The Morgan fingerprint density at radius 1 is 0.175 bits per heavy atom. The van der Waals surface area contributed by atoms with Crippen LogP contribution in [0.2, 0.25) is 0 Å². The molecule has 0 amide bonds. The van der Waals surface area contributed by atoms with Crippen molar-refractivity contribution in [1.82, 2.24) is 0 Å². The summed E-state index contributed by atoms with van der Waals surface area (Å²) >= 11 is 0. The van der Waals surface area contributed by atoms with Gasteiger partial charge in [0.2, 0.25) is 0 Å². The van der Waals surface area contributed by atoms with E-state index in [0.29, 0.717) is 37.9 Å². The van der Waals surface area contributed by atoms with Gasteiger partial charge in [-0.2, -0.15) is 0 Å². The van der Waals surface area contributed by atoms with Gasteiger partial charge in [0, 0.05) is 0 Å². The second kappa shape index (κ2) is 42.4. The highest BCUT2D eigenvalue weighted by atomic mass is 14.6. The van der Waals surface area contributed by atoms with Crippen LogP contribution < -0.4 is 0 Å². The molecule has 574 valence electrons. The standard InChI is InChI=1S/C13H22.C12H20.C11H22.2C10H20.2C9H18.2C8H16.C7H14/c1-3-13(2)11-5-9-4-10(7-11)8-12(13)6-9;1-12(2)10-4-8-3-9(6-10)7-11(12)5-8;1-3-11(2)9-7-5-4-6-8-10-11;1-10(2)8-6-4-3-5-7-9-10;1-3-10(2)8-6-4-5-7-9-10;1-9(2)7-5-3-4-6-8-9;1-3-9(2)7-5-4-6-8-9;1-8(2)6-4-3-5-7-8;1-3-8(2)6-4-5-7-8;1-7(2)5-3-4-6-7/h9-12H,3-8H2,1-2H3;8-11H,3-7H2,1-2H3;3-10H2,1-2H3;2*3-9H2,1-2H3;2*3-8H2,1-2H3;2*3-7H2,1-2H3;3-6H2,1-2H3. The molecule has 0 nitrogen and oxygen atoms in total. The maximum Gasteiger partial charge on any atom is -0.0271 e. The Balaban J connectivity index is 0.000000196. The van der Waals surface area contributed by atoms with Crippen molar-refractivity contribution < 1.29 is 0 Å². The van der Waals surface area contributed by atoms with Crippen molar-refractivity contribution in [3.8, 4) is 0 Å². The molecular weight excluding hydrogens is 1170 g/mol. The third kappa shape index (κ3) is 31.9. The molecule has 0 saturated heterocycles. The van der Waals surface area contributed by atoms with E-state index in [0.717, 1.165) is 63.6 Å². The molecule has 0 aromatic carbocycles. The first-order chi connectivity index (χ1) is 45.8. The van der Waals surface area contributed by atoms with Crippen molar-refractivity contribution in [1.29, 1.82) is 0 Å². The molecule has 16 fully saturated rings. The number of rotatable bonds is 5. The Bertz CT molecular complexity index is 1890. The van der Waals surface area contributed by atoms with Crippen LogP contribution in [0.4, 0.5) is 0 Å². The molecule has 0 spiro atoms. The zero-order valence-corrected chi connectivity index (χ0v) is 71.3. The van der Waals surface area contributed by atoms with Crippen LogP contribution in [0.25, 0.3) is 0 Å². The molecule has 97 heavy (non-hydrogen) atoms. The van der Waals surface area contributed by atoms with Gasteiger partial charge < -0.3 is 0 Å². The summed E-state index contributed by atoms with van der Waals surface area (Å²) in [5, 5.41) is 0. The molecule has 0 atom stereocenters. The van der Waals surface area contributed by atoms with E-state index in [-0.39, 0.29) is 0 Å². The van der Waals surface area contributed by atoms with Crippen molar-refractivity contribution in [3.63, 3.8) is 0 Å². The lowest BCUT2D eigenvalue weighted by Crippen LogP contribution is -2.51. The lowest BCUT2D eigenvalue weighted by molar-refractivity contribution is -0.1000. The molecule has 0 unspecified atom stereocenters. The van der Waals surface area contributed by atoms with Crippen molar-refractivity contribution >= 4 is 0 Å². The van der Waals surface area contributed by atoms with Crippen molar-refractivity contribution in [2.75, 3.05) is 0 Å². The van der Waals surface area contributed by atoms with Crippen LogP contribution >= 0.6 is 0 Å². The fourth-order valence-corrected chi connectivity index (χ4v) is 23.0. The molecule has 16 aliphatic rings. The van der Waals surface area contributed by atoms with Gasteiger partial charge in [0.05, 0.1) is 0 Å².